The van der Waals surface area contributed by atoms with Crippen LogP contribution in [0.4, 0.5) is 0 Å². The number of methoxy groups -OCH3 is 1. The molecule has 1 aromatic heterocycles. The summed E-state index contributed by atoms with van der Waals surface area (Å²) in [4.78, 5) is 18.9. The SMILES string of the molecule is CCOc1cc(C)c(-c2nc3ccccc3c(=O)n2N=Cc2cc(OC)c(OCc3ccc(Cl)c(Cl)c3)c(Br)c2Br)cc1C(C)C. The standard InChI is InChI=1S/C35H31Br2Cl2N3O4/c1-6-45-29-13-20(4)25(16-24(29)19(2)3)34-41-28-10-8-7-9-23(28)35(43)42(34)40-17-22-15-30(44-5)33(32(37)31(22)36)46-18-21-11-12-26(38)27(39)14-21/h7-17,19H,6,18H2,1-5H3. The molecule has 0 saturated carbocycles. The number of aromatic nitrogens is 2. The number of nitrogens with zero attached hydrogens (tertiary/aromatic N) is 3. The average Bonchev–Trinajstić information content (AvgIpc) is 3.03. The molecule has 4 aromatic carbocycles. The summed E-state index contributed by atoms with van der Waals surface area (Å²) in [6.07, 6.45) is 1.59. The Morgan fingerprint density at radius 3 is 2.43 bits per heavy atom. The van der Waals surface area contributed by atoms with Crippen molar-refractivity contribution in [2.45, 2.75) is 40.2 Å². The van der Waals surface area contributed by atoms with Crippen molar-refractivity contribution in [3.63, 3.8) is 0 Å². The van der Waals surface area contributed by atoms with Crippen molar-refractivity contribution in [1.29, 1.82) is 0 Å². The minimum Gasteiger partial charge on any atom is -0.494 e. The topological polar surface area (TPSA) is 74.9 Å². The van der Waals surface area contributed by atoms with Crippen molar-refractivity contribution in [1.82, 2.24) is 9.66 Å². The van der Waals surface area contributed by atoms with Crippen LogP contribution in [0, 0.1) is 6.92 Å². The van der Waals surface area contributed by atoms with Gasteiger partial charge in [-0.05, 0) is 111 Å². The molecule has 0 amide bonds. The maximum Gasteiger partial charge on any atom is 0.282 e. The summed E-state index contributed by atoms with van der Waals surface area (Å²) in [5.74, 6) is 2.37. The highest BCUT2D eigenvalue weighted by molar-refractivity contribution is 9.13. The number of rotatable bonds is 10. The molecule has 5 rings (SSSR count). The minimum atomic E-state index is -0.292. The van der Waals surface area contributed by atoms with E-state index in [2.05, 4.69) is 45.7 Å². The van der Waals surface area contributed by atoms with E-state index in [9.17, 15) is 4.79 Å². The van der Waals surface area contributed by atoms with Crippen LogP contribution in [0.2, 0.25) is 10.0 Å². The van der Waals surface area contributed by atoms with Gasteiger partial charge in [-0.1, -0.05) is 55.2 Å². The lowest BCUT2D eigenvalue weighted by atomic mass is 9.96. The van der Waals surface area contributed by atoms with E-state index in [1.807, 2.05) is 50.2 Å². The van der Waals surface area contributed by atoms with Gasteiger partial charge in [0.15, 0.2) is 17.3 Å². The molecule has 0 saturated heterocycles. The molecule has 1 heterocycles. The van der Waals surface area contributed by atoms with Crippen LogP contribution in [-0.2, 0) is 6.61 Å². The fourth-order valence-corrected chi connectivity index (χ4v) is 6.22. The van der Waals surface area contributed by atoms with Crippen LogP contribution in [0.1, 0.15) is 48.9 Å². The Hall–Kier alpha value is -3.37. The van der Waals surface area contributed by atoms with Crippen LogP contribution >= 0.6 is 55.1 Å². The molecule has 11 heteroatoms. The molecule has 46 heavy (non-hydrogen) atoms. The summed E-state index contributed by atoms with van der Waals surface area (Å²) in [5, 5.41) is 6.08. The minimum absolute atomic E-state index is 0.184. The van der Waals surface area contributed by atoms with Gasteiger partial charge in [-0.25, -0.2) is 4.98 Å². The largest absolute Gasteiger partial charge is 0.494 e. The number of hydrogen-bond acceptors (Lipinski definition) is 6. The maximum absolute atomic E-state index is 13.9. The van der Waals surface area contributed by atoms with Gasteiger partial charge in [0.05, 0.1) is 45.4 Å². The van der Waals surface area contributed by atoms with Crippen molar-refractivity contribution in [2.75, 3.05) is 13.7 Å². The Bertz CT molecular complexity index is 2030. The summed E-state index contributed by atoms with van der Waals surface area (Å²) < 4.78 is 20.4. The molecule has 0 N–H and O–H groups in total. The summed E-state index contributed by atoms with van der Waals surface area (Å²) in [6, 6.07) is 18.4. The molecule has 0 radical (unpaired) electrons. The molecule has 0 aliphatic heterocycles. The fraction of sp³-hybridized carbons (Fsp3) is 0.229. The number of halogens is 4. The summed E-state index contributed by atoms with van der Waals surface area (Å²) >= 11 is 19.6. The van der Waals surface area contributed by atoms with Gasteiger partial charge in [0, 0.05) is 15.6 Å². The average molecular weight is 788 g/mol. The Kier molecular flexibility index (Phi) is 10.8. The van der Waals surface area contributed by atoms with Gasteiger partial charge in [-0.3, -0.25) is 4.79 Å². The molecular weight excluding hydrogens is 757 g/mol. The van der Waals surface area contributed by atoms with E-state index in [1.54, 1.807) is 37.6 Å². The molecule has 0 aliphatic rings. The first-order chi connectivity index (χ1) is 22.0. The van der Waals surface area contributed by atoms with E-state index >= 15 is 0 Å². The Morgan fingerprint density at radius 2 is 1.74 bits per heavy atom. The Labute approximate surface area is 294 Å². The summed E-state index contributed by atoms with van der Waals surface area (Å²) in [7, 11) is 1.56. The van der Waals surface area contributed by atoms with Crippen molar-refractivity contribution in [2.24, 2.45) is 5.10 Å². The molecule has 0 spiro atoms. The lowest BCUT2D eigenvalue weighted by Gasteiger charge is -2.18. The van der Waals surface area contributed by atoms with Gasteiger partial charge in [0.1, 0.15) is 12.4 Å². The van der Waals surface area contributed by atoms with E-state index in [0.29, 0.717) is 59.4 Å². The zero-order chi connectivity index (χ0) is 33.1. The first-order valence-electron chi connectivity index (χ1n) is 14.5. The van der Waals surface area contributed by atoms with Gasteiger partial charge >= 0.3 is 0 Å². The summed E-state index contributed by atoms with van der Waals surface area (Å²) in [5.41, 5.74) is 4.49. The third kappa shape index (κ3) is 6.98. The fourth-order valence-electron chi connectivity index (χ4n) is 4.97. The Morgan fingerprint density at radius 1 is 0.978 bits per heavy atom. The second kappa shape index (κ2) is 14.6. The van der Waals surface area contributed by atoms with Gasteiger partial charge < -0.3 is 14.2 Å². The predicted molar refractivity (Wildman–Crippen MR) is 194 cm³/mol. The molecule has 0 atom stereocenters. The van der Waals surface area contributed by atoms with Gasteiger partial charge in [-0.2, -0.15) is 9.78 Å². The van der Waals surface area contributed by atoms with Gasteiger partial charge in [0.25, 0.3) is 5.56 Å². The number of hydrogen-bond donors (Lipinski definition) is 0. The highest BCUT2D eigenvalue weighted by atomic mass is 79.9. The lowest BCUT2D eigenvalue weighted by Crippen LogP contribution is -2.21. The molecule has 0 bridgehead atoms. The first kappa shape index (κ1) is 34.0. The monoisotopic (exact) mass is 785 g/mol. The maximum atomic E-state index is 13.9. The highest BCUT2D eigenvalue weighted by Crippen LogP contribution is 2.43. The zero-order valence-corrected chi connectivity index (χ0v) is 30.5. The molecule has 7 nitrogen and oxygen atoms in total. The van der Waals surface area contributed by atoms with Crippen molar-refractivity contribution >= 4 is 72.2 Å². The number of fused-ring (bicyclic) bond motifs is 1. The summed E-state index contributed by atoms with van der Waals surface area (Å²) in [6.45, 7) is 8.94. The van der Waals surface area contributed by atoms with Crippen LogP contribution in [0.5, 0.6) is 17.2 Å². The molecule has 5 aromatic rings. The number of para-hydroxylation sites is 1. The lowest BCUT2D eigenvalue weighted by molar-refractivity contribution is 0.282. The highest BCUT2D eigenvalue weighted by Gasteiger charge is 2.20. The van der Waals surface area contributed by atoms with Crippen LogP contribution in [-0.4, -0.2) is 29.6 Å². The van der Waals surface area contributed by atoms with Crippen LogP contribution in [0.3, 0.4) is 0 Å². The zero-order valence-electron chi connectivity index (χ0n) is 25.8. The first-order valence-corrected chi connectivity index (χ1v) is 16.8. The van der Waals surface area contributed by atoms with E-state index in [-0.39, 0.29) is 18.1 Å². The third-order valence-corrected chi connectivity index (χ3v) is 10.2. The normalized spacial score (nSPS) is 11.5. The Balaban J connectivity index is 1.61. The molecule has 0 aliphatic carbocycles. The molecule has 0 fully saturated rings. The van der Waals surface area contributed by atoms with E-state index in [4.69, 9.17) is 47.5 Å². The van der Waals surface area contributed by atoms with Crippen molar-refractivity contribution < 1.29 is 14.2 Å². The number of benzene rings is 4. The van der Waals surface area contributed by atoms with Gasteiger partial charge in [-0.15, -0.1) is 0 Å². The number of ether oxygens (including phenoxy) is 3. The second-order valence-electron chi connectivity index (χ2n) is 10.8. The molecule has 0 unspecified atom stereocenters. The van der Waals surface area contributed by atoms with Crippen LogP contribution in [0.25, 0.3) is 22.3 Å². The van der Waals surface area contributed by atoms with Gasteiger partial charge in [0.2, 0.25) is 0 Å². The van der Waals surface area contributed by atoms with Crippen LogP contribution < -0.4 is 19.8 Å². The predicted octanol–water partition coefficient (Wildman–Crippen LogP) is 10.2. The molecular formula is C35H31Br2Cl2N3O4. The third-order valence-electron chi connectivity index (χ3n) is 7.33. The van der Waals surface area contributed by atoms with E-state index in [0.717, 1.165) is 28.0 Å². The van der Waals surface area contributed by atoms with E-state index in [1.165, 1.54) is 4.68 Å². The number of aryl methyl sites for hydroxylation is 1. The van der Waals surface area contributed by atoms with Crippen molar-refractivity contribution in [3.05, 3.63) is 112 Å². The quantitative estimate of drug-likeness (QED) is 0.132. The van der Waals surface area contributed by atoms with Crippen molar-refractivity contribution in [3.8, 4) is 28.6 Å². The smallest absolute Gasteiger partial charge is 0.282 e. The molecule has 238 valence electrons. The second-order valence-corrected chi connectivity index (χ2v) is 13.2. The van der Waals surface area contributed by atoms with E-state index < -0.39 is 0 Å². The van der Waals surface area contributed by atoms with Crippen LogP contribution in [0.15, 0.2) is 79.5 Å².